The van der Waals surface area contributed by atoms with Gasteiger partial charge in [-0.2, -0.15) is 0 Å². The largest absolute Gasteiger partial charge is 0.312 e. The molecule has 0 spiro atoms. The average Bonchev–Trinajstić information content (AvgIpc) is 2.62. The molecule has 0 bridgehead atoms. The third-order valence-electron chi connectivity index (χ3n) is 2.60. The van der Waals surface area contributed by atoms with E-state index in [1.165, 1.54) is 11.3 Å². The van der Waals surface area contributed by atoms with Crippen molar-refractivity contribution in [1.82, 2.24) is 5.32 Å². The lowest BCUT2D eigenvalue weighted by Gasteiger charge is -2.22. The molecule has 7 heteroatoms. The Kier molecular flexibility index (Phi) is 4.02. The van der Waals surface area contributed by atoms with Crippen molar-refractivity contribution in [1.29, 1.82) is 0 Å². The summed E-state index contributed by atoms with van der Waals surface area (Å²) in [5.74, 6) is 0.212. The zero-order valence-corrected chi connectivity index (χ0v) is 12.2. The van der Waals surface area contributed by atoms with Gasteiger partial charge in [0.1, 0.15) is 0 Å². The quantitative estimate of drug-likeness (QED) is 0.848. The Hall–Kier alpha value is -0.240. The van der Waals surface area contributed by atoms with E-state index in [9.17, 15) is 13.2 Å². The number of sulfone groups is 1. The Morgan fingerprint density at radius 1 is 1.59 bits per heavy atom. The van der Waals surface area contributed by atoms with Crippen LogP contribution in [0.4, 0.5) is 0 Å². The smallest absolute Gasteiger partial charge is 0.175 e. The summed E-state index contributed by atoms with van der Waals surface area (Å²) >= 11 is 4.68. The fraction of sp³-hybridized carbons (Fsp3) is 0.500. The molecule has 0 aromatic carbocycles. The summed E-state index contributed by atoms with van der Waals surface area (Å²) in [6, 6.07) is 1.57. The molecule has 1 unspecified atom stereocenters. The van der Waals surface area contributed by atoms with E-state index in [-0.39, 0.29) is 29.8 Å². The van der Waals surface area contributed by atoms with E-state index in [1.54, 1.807) is 0 Å². The lowest BCUT2D eigenvalue weighted by atomic mass is 10.1. The minimum Gasteiger partial charge on any atom is -0.312 e. The number of rotatable bonds is 3. The molecule has 0 saturated carbocycles. The summed E-state index contributed by atoms with van der Waals surface area (Å²) in [6.45, 7) is 0.436. The first-order valence-corrected chi connectivity index (χ1v) is 8.67. The molecule has 0 amide bonds. The van der Waals surface area contributed by atoms with Crippen molar-refractivity contribution in [2.45, 2.75) is 12.5 Å². The van der Waals surface area contributed by atoms with Crippen LogP contribution < -0.4 is 5.32 Å². The van der Waals surface area contributed by atoms with Gasteiger partial charge in [-0.15, -0.1) is 11.3 Å². The maximum absolute atomic E-state index is 12.0. The second kappa shape index (κ2) is 5.17. The van der Waals surface area contributed by atoms with E-state index < -0.39 is 9.84 Å². The van der Waals surface area contributed by atoms with Crippen LogP contribution in [0.1, 0.15) is 16.1 Å². The van der Waals surface area contributed by atoms with Gasteiger partial charge in [-0.05, 0) is 27.4 Å². The third-order valence-corrected chi connectivity index (χ3v) is 6.22. The number of hydrogen-bond donors (Lipinski definition) is 1. The van der Waals surface area contributed by atoms with Gasteiger partial charge in [0, 0.05) is 23.5 Å². The number of halogens is 1. The lowest BCUT2D eigenvalue weighted by Crippen LogP contribution is -2.45. The van der Waals surface area contributed by atoms with Gasteiger partial charge < -0.3 is 5.32 Å². The molecule has 0 radical (unpaired) electrons. The zero-order valence-electron chi connectivity index (χ0n) is 8.98. The topological polar surface area (TPSA) is 63.2 Å². The molecule has 1 N–H and O–H groups in total. The number of thiophene rings is 1. The Labute approximate surface area is 112 Å². The normalized spacial score (nSPS) is 23.5. The number of Topliss-reactive ketones (excluding diaryl/α,β-unsaturated/α-hetero) is 1. The van der Waals surface area contributed by atoms with Crippen LogP contribution in [0.3, 0.4) is 0 Å². The SMILES string of the molecule is O=C(CC1CS(=O)(=O)CCN1)c1sccc1Br. The summed E-state index contributed by atoms with van der Waals surface area (Å²) < 4.78 is 23.7. The van der Waals surface area contributed by atoms with Crippen LogP contribution in [0.5, 0.6) is 0 Å². The molecule has 0 aliphatic carbocycles. The van der Waals surface area contributed by atoms with Crippen molar-refractivity contribution in [3.63, 3.8) is 0 Å². The van der Waals surface area contributed by atoms with E-state index >= 15 is 0 Å². The minimum absolute atomic E-state index is 0.0125. The van der Waals surface area contributed by atoms with Gasteiger partial charge >= 0.3 is 0 Å². The van der Waals surface area contributed by atoms with Crippen LogP contribution in [-0.4, -0.2) is 38.3 Å². The van der Waals surface area contributed by atoms with Crippen LogP contribution in [0, 0.1) is 0 Å². The number of carbonyl (C=O) groups excluding carboxylic acids is 1. The molecule has 4 nitrogen and oxygen atoms in total. The van der Waals surface area contributed by atoms with Crippen LogP contribution in [-0.2, 0) is 9.84 Å². The van der Waals surface area contributed by atoms with Crippen LogP contribution in [0.15, 0.2) is 15.9 Å². The number of hydrogen-bond acceptors (Lipinski definition) is 5. The maximum Gasteiger partial charge on any atom is 0.175 e. The standard InChI is InChI=1S/C10H12BrNO3S2/c11-8-1-3-16-10(8)9(13)5-7-6-17(14,15)4-2-12-7/h1,3,7,12H,2,4-6H2. The molecule has 1 aromatic rings. The van der Waals surface area contributed by atoms with E-state index in [2.05, 4.69) is 21.2 Å². The average molecular weight is 338 g/mol. The highest BCUT2D eigenvalue weighted by molar-refractivity contribution is 9.10. The first kappa shape index (κ1) is 13.2. The molecule has 2 heterocycles. The first-order chi connectivity index (χ1) is 7.98. The summed E-state index contributed by atoms with van der Waals surface area (Å²) in [6.07, 6.45) is 0.234. The summed E-state index contributed by atoms with van der Waals surface area (Å²) in [5.41, 5.74) is 0. The Morgan fingerprint density at radius 3 is 2.94 bits per heavy atom. The van der Waals surface area contributed by atoms with E-state index in [0.717, 1.165) is 4.47 Å². The van der Waals surface area contributed by atoms with Gasteiger partial charge in [-0.1, -0.05) is 0 Å². The molecule has 1 atom stereocenters. The number of carbonyl (C=O) groups is 1. The molecular weight excluding hydrogens is 326 g/mol. The van der Waals surface area contributed by atoms with E-state index in [1.807, 2.05) is 11.4 Å². The number of nitrogens with one attached hydrogen (secondary N) is 1. The maximum atomic E-state index is 12.0. The fourth-order valence-electron chi connectivity index (χ4n) is 1.81. The Balaban J connectivity index is 2.02. The lowest BCUT2D eigenvalue weighted by molar-refractivity contribution is 0.0975. The third kappa shape index (κ3) is 3.37. The number of ketones is 1. The van der Waals surface area contributed by atoms with Crippen LogP contribution in [0.25, 0.3) is 0 Å². The van der Waals surface area contributed by atoms with Crippen molar-refractivity contribution < 1.29 is 13.2 Å². The van der Waals surface area contributed by atoms with Crippen molar-refractivity contribution in [3.8, 4) is 0 Å². The van der Waals surface area contributed by atoms with E-state index in [0.29, 0.717) is 11.4 Å². The van der Waals surface area contributed by atoms with Gasteiger partial charge in [0.15, 0.2) is 15.6 Å². The molecule has 2 rings (SSSR count). The van der Waals surface area contributed by atoms with Crippen molar-refractivity contribution in [2.75, 3.05) is 18.1 Å². The summed E-state index contributed by atoms with van der Waals surface area (Å²) in [5, 5.41) is 4.91. The molecule has 1 aromatic heterocycles. The fourth-order valence-corrected chi connectivity index (χ4v) is 4.80. The van der Waals surface area contributed by atoms with Gasteiger partial charge in [-0.3, -0.25) is 4.79 Å². The van der Waals surface area contributed by atoms with E-state index in [4.69, 9.17) is 0 Å². The molecule has 1 aliphatic rings. The molecular formula is C10H12BrNO3S2. The Bertz CT molecular complexity index is 523. The molecule has 1 fully saturated rings. The van der Waals surface area contributed by atoms with Gasteiger partial charge in [0.05, 0.1) is 16.4 Å². The van der Waals surface area contributed by atoms with Crippen LogP contribution >= 0.6 is 27.3 Å². The predicted molar refractivity (Wildman–Crippen MR) is 71.4 cm³/mol. The summed E-state index contributed by atoms with van der Waals surface area (Å²) in [4.78, 5) is 12.6. The molecule has 1 aliphatic heterocycles. The predicted octanol–water partition coefficient (Wildman–Crippen LogP) is 1.47. The van der Waals surface area contributed by atoms with Gasteiger partial charge in [-0.25, -0.2) is 8.42 Å². The van der Waals surface area contributed by atoms with Gasteiger partial charge in [0.25, 0.3) is 0 Å². The second-order valence-electron chi connectivity index (χ2n) is 3.99. The Morgan fingerprint density at radius 2 is 2.35 bits per heavy atom. The second-order valence-corrected chi connectivity index (χ2v) is 7.99. The highest BCUT2D eigenvalue weighted by Gasteiger charge is 2.27. The minimum atomic E-state index is -2.98. The zero-order chi connectivity index (χ0) is 12.5. The highest BCUT2D eigenvalue weighted by Crippen LogP contribution is 2.24. The molecule has 17 heavy (non-hydrogen) atoms. The monoisotopic (exact) mass is 337 g/mol. The molecule has 94 valence electrons. The summed E-state index contributed by atoms with van der Waals surface area (Å²) in [7, 11) is -2.98. The van der Waals surface area contributed by atoms with Crippen molar-refractivity contribution >= 4 is 42.9 Å². The van der Waals surface area contributed by atoms with Crippen molar-refractivity contribution in [3.05, 3.63) is 20.8 Å². The van der Waals surface area contributed by atoms with Crippen molar-refractivity contribution in [2.24, 2.45) is 0 Å². The van der Waals surface area contributed by atoms with Gasteiger partial charge in [0.2, 0.25) is 0 Å². The molecule has 1 saturated heterocycles. The highest BCUT2D eigenvalue weighted by atomic mass is 79.9. The first-order valence-electron chi connectivity index (χ1n) is 5.18. The van der Waals surface area contributed by atoms with Crippen LogP contribution in [0.2, 0.25) is 0 Å².